The molecular weight excluding hydrogens is 164 g/mol. The van der Waals surface area contributed by atoms with Crippen molar-refractivity contribution in [1.29, 1.82) is 0 Å². The Balaban J connectivity index is 2.37. The number of nitrogens with zero attached hydrogens (tertiary/aromatic N) is 2. The van der Waals surface area contributed by atoms with Crippen LogP contribution in [0.4, 0.5) is 0 Å². The zero-order valence-corrected chi connectivity index (χ0v) is 8.49. The third-order valence-electron chi connectivity index (χ3n) is 2.64. The summed E-state index contributed by atoms with van der Waals surface area (Å²) >= 11 is 0. The topological polar surface area (TPSA) is 23.6 Å². The van der Waals surface area contributed by atoms with Gasteiger partial charge in [-0.3, -0.25) is 9.69 Å². The first-order valence-corrected chi connectivity index (χ1v) is 4.69. The molecule has 1 aliphatic rings. The molecule has 0 aliphatic carbocycles. The monoisotopic (exact) mass is 182 g/mol. The third kappa shape index (κ3) is 2.94. The van der Waals surface area contributed by atoms with Crippen LogP contribution in [0.15, 0.2) is 12.2 Å². The van der Waals surface area contributed by atoms with E-state index in [1.807, 2.05) is 0 Å². The molecule has 1 heterocycles. The highest BCUT2D eigenvalue weighted by molar-refractivity contribution is 5.72. The lowest BCUT2D eigenvalue weighted by molar-refractivity contribution is -0.105. The molecule has 0 spiro atoms. The fraction of sp³-hybridized carbons (Fsp3) is 0.700. The quantitative estimate of drug-likeness (QED) is 0.465. The molecule has 1 saturated heterocycles. The lowest BCUT2D eigenvalue weighted by atomic mass is 10.2. The van der Waals surface area contributed by atoms with Crippen LogP contribution in [0.2, 0.25) is 0 Å². The van der Waals surface area contributed by atoms with Crippen LogP contribution in [-0.2, 0) is 4.79 Å². The number of carbonyl (C=O) groups excluding carboxylic acids is 1. The van der Waals surface area contributed by atoms with Gasteiger partial charge < -0.3 is 4.90 Å². The van der Waals surface area contributed by atoms with Crippen LogP contribution in [0.25, 0.3) is 0 Å². The van der Waals surface area contributed by atoms with Crippen molar-refractivity contribution in [3.63, 3.8) is 0 Å². The molecule has 3 heteroatoms. The van der Waals surface area contributed by atoms with Crippen molar-refractivity contribution < 1.29 is 4.79 Å². The molecule has 0 bridgehead atoms. The normalized spacial score (nSPS) is 25.8. The highest BCUT2D eigenvalue weighted by atomic mass is 16.1. The maximum absolute atomic E-state index is 10.4. The standard InChI is InChI=1S/C10H18N2O/c1-9(8-13)6-12-5-4-11(3)10(2)7-12/h8,10H,1,4-7H2,2-3H3. The molecule has 0 amide bonds. The maximum Gasteiger partial charge on any atom is 0.146 e. The Morgan fingerprint density at radius 2 is 2.31 bits per heavy atom. The largest absolute Gasteiger partial charge is 0.301 e. The van der Waals surface area contributed by atoms with Crippen molar-refractivity contribution >= 4 is 6.29 Å². The SMILES string of the molecule is C=C(C=O)CN1CCN(C)C(C)C1. The Kier molecular flexibility index (Phi) is 3.63. The summed E-state index contributed by atoms with van der Waals surface area (Å²) < 4.78 is 0. The summed E-state index contributed by atoms with van der Waals surface area (Å²) in [5.41, 5.74) is 0.678. The van der Waals surface area contributed by atoms with Gasteiger partial charge in [-0.2, -0.15) is 0 Å². The summed E-state index contributed by atoms with van der Waals surface area (Å²) in [6, 6.07) is 0.577. The molecule has 0 saturated carbocycles. The number of piperazine rings is 1. The van der Waals surface area contributed by atoms with Gasteiger partial charge in [0.2, 0.25) is 0 Å². The predicted molar refractivity (Wildman–Crippen MR) is 53.7 cm³/mol. The van der Waals surface area contributed by atoms with Gasteiger partial charge in [0.15, 0.2) is 0 Å². The van der Waals surface area contributed by atoms with Crippen LogP contribution >= 0.6 is 0 Å². The Bertz CT molecular complexity index is 203. The fourth-order valence-corrected chi connectivity index (χ4v) is 1.59. The second-order valence-electron chi connectivity index (χ2n) is 3.84. The predicted octanol–water partition coefficient (Wildman–Crippen LogP) is 0.377. The molecule has 74 valence electrons. The zero-order chi connectivity index (χ0) is 9.84. The van der Waals surface area contributed by atoms with E-state index in [4.69, 9.17) is 0 Å². The number of carbonyl (C=O) groups is 1. The molecule has 1 fully saturated rings. The second-order valence-corrected chi connectivity index (χ2v) is 3.84. The number of hydrogen-bond acceptors (Lipinski definition) is 3. The summed E-state index contributed by atoms with van der Waals surface area (Å²) in [6.07, 6.45) is 0.850. The van der Waals surface area contributed by atoms with E-state index in [1.165, 1.54) is 0 Å². The molecule has 13 heavy (non-hydrogen) atoms. The molecule has 0 N–H and O–H groups in total. The van der Waals surface area contributed by atoms with Crippen molar-refractivity contribution in [3.8, 4) is 0 Å². The van der Waals surface area contributed by atoms with E-state index < -0.39 is 0 Å². The van der Waals surface area contributed by atoms with Crippen LogP contribution < -0.4 is 0 Å². The molecular formula is C10H18N2O. The Morgan fingerprint density at radius 3 is 2.85 bits per heavy atom. The summed E-state index contributed by atoms with van der Waals surface area (Å²) in [6.45, 7) is 9.76. The minimum atomic E-state index is 0.577. The van der Waals surface area contributed by atoms with Crippen LogP contribution in [0.1, 0.15) is 6.92 Å². The van der Waals surface area contributed by atoms with Crippen molar-refractivity contribution in [2.75, 3.05) is 33.2 Å². The van der Waals surface area contributed by atoms with E-state index in [1.54, 1.807) is 0 Å². The van der Waals surface area contributed by atoms with Crippen LogP contribution in [-0.4, -0.2) is 55.4 Å². The van der Waals surface area contributed by atoms with E-state index >= 15 is 0 Å². The van der Waals surface area contributed by atoms with Gasteiger partial charge in [-0.25, -0.2) is 0 Å². The number of rotatable bonds is 3. The average Bonchev–Trinajstić information content (AvgIpc) is 2.11. The minimum absolute atomic E-state index is 0.577. The molecule has 3 nitrogen and oxygen atoms in total. The second kappa shape index (κ2) is 4.53. The first-order chi connectivity index (χ1) is 6.13. The molecule has 0 aromatic carbocycles. The fourth-order valence-electron chi connectivity index (χ4n) is 1.59. The third-order valence-corrected chi connectivity index (χ3v) is 2.64. The Morgan fingerprint density at radius 1 is 1.62 bits per heavy atom. The van der Waals surface area contributed by atoms with Gasteiger partial charge in [0.1, 0.15) is 6.29 Å². The van der Waals surface area contributed by atoms with Gasteiger partial charge in [0.25, 0.3) is 0 Å². The lowest BCUT2D eigenvalue weighted by Crippen LogP contribution is -2.50. The van der Waals surface area contributed by atoms with Crippen molar-refractivity contribution in [1.82, 2.24) is 9.80 Å². The van der Waals surface area contributed by atoms with Crippen LogP contribution in [0.3, 0.4) is 0 Å². The van der Waals surface area contributed by atoms with E-state index in [0.29, 0.717) is 11.6 Å². The molecule has 0 radical (unpaired) electrons. The minimum Gasteiger partial charge on any atom is -0.301 e. The van der Waals surface area contributed by atoms with Gasteiger partial charge in [0.05, 0.1) is 0 Å². The zero-order valence-electron chi connectivity index (χ0n) is 8.49. The average molecular weight is 182 g/mol. The molecule has 0 aromatic rings. The smallest absolute Gasteiger partial charge is 0.146 e. The van der Waals surface area contributed by atoms with Gasteiger partial charge in [-0.1, -0.05) is 6.58 Å². The van der Waals surface area contributed by atoms with Gasteiger partial charge in [-0.05, 0) is 19.5 Å². The lowest BCUT2D eigenvalue weighted by Gasteiger charge is -2.37. The molecule has 1 aliphatic heterocycles. The number of aldehydes is 1. The van der Waals surface area contributed by atoms with E-state index in [2.05, 4.69) is 30.4 Å². The van der Waals surface area contributed by atoms with Crippen LogP contribution in [0, 0.1) is 0 Å². The maximum atomic E-state index is 10.4. The van der Waals surface area contributed by atoms with Crippen LogP contribution in [0.5, 0.6) is 0 Å². The van der Waals surface area contributed by atoms with E-state index in [-0.39, 0.29) is 0 Å². The summed E-state index contributed by atoms with van der Waals surface area (Å²) in [5.74, 6) is 0. The van der Waals surface area contributed by atoms with E-state index in [9.17, 15) is 4.79 Å². The summed E-state index contributed by atoms with van der Waals surface area (Å²) in [7, 11) is 2.14. The highest BCUT2D eigenvalue weighted by Gasteiger charge is 2.20. The molecule has 1 atom stereocenters. The van der Waals surface area contributed by atoms with E-state index in [0.717, 1.165) is 32.5 Å². The Hall–Kier alpha value is -0.670. The highest BCUT2D eigenvalue weighted by Crippen LogP contribution is 2.07. The van der Waals surface area contributed by atoms with Crippen molar-refractivity contribution in [3.05, 3.63) is 12.2 Å². The molecule has 1 unspecified atom stereocenters. The molecule has 0 aromatic heterocycles. The van der Waals surface area contributed by atoms with Crippen molar-refractivity contribution in [2.45, 2.75) is 13.0 Å². The van der Waals surface area contributed by atoms with Gasteiger partial charge in [-0.15, -0.1) is 0 Å². The summed E-state index contributed by atoms with van der Waals surface area (Å²) in [4.78, 5) is 15.0. The number of likely N-dealkylation sites (N-methyl/N-ethyl adjacent to an activating group) is 1. The Labute approximate surface area is 80.0 Å². The molecule has 1 rings (SSSR count). The van der Waals surface area contributed by atoms with Crippen molar-refractivity contribution in [2.24, 2.45) is 0 Å². The first kappa shape index (κ1) is 10.4. The summed E-state index contributed by atoms with van der Waals surface area (Å²) in [5, 5.41) is 0. The van der Waals surface area contributed by atoms with Gasteiger partial charge in [0, 0.05) is 32.2 Å². The van der Waals surface area contributed by atoms with Gasteiger partial charge >= 0.3 is 0 Å². The first-order valence-electron chi connectivity index (χ1n) is 4.69. The number of hydrogen-bond donors (Lipinski definition) is 0.